The summed E-state index contributed by atoms with van der Waals surface area (Å²) in [5, 5.41) is 26.4. The molecule has 8 nitrogen and oxygen atoms in total. The van der Waals surface area contributed by atoms with Crippen molar-refractivity contribution in [3.63, 3.8) is 0 Å². The number of nitriles is 1. The van der Waals surface area contributed by atoms with Crippen molar-refractivity contribution in [2.75, 3.05) is 5.32 Å². The average molecular weight is 513 g/mol. The van der Waals surface area contributed by atoms with Crippen LogP contribution >= 0.6 is 15.9 Å². The number of anilines is 1. The summed E-state index contributed by atoms with van der Waals surface area (Å²) in [7, 11) is 0. The van der Waals surface area contributed by atoms with Crippen molar-refractivity contribution in [2.24, 2.45) is 0 Å². The molecule has 32 heavy (non-hydrogen) atoms. The molecule has 170 valence electrons. The van der Waals surface area contributed by atoms with Crippen LogP contribution in [0.2, 0.25) is 0 Å². The van der Waals surface area contributed by atoms with Crippen LogP contribution < -0.4 is 5.32 Å². The molecule has 2 aromatic heterocycles. The second-order valence-electron chi connectivity index (χ2n) is 8.27. The number of urea groups is 1. The Morgan fingerprint density at radius 3 is 2.94 bits per heavy atom. The predicted molar refractivity (Wildman–Crippen MR) is 110 cm³/mol. The van der Waals surface area contributed by atoms with Crippen molar-refractivity contribution in [1.82, 2.24) is 19.7 Å². The van der Waals surface area contributed by atoms with Gasteiger partial charge in [0.15, 0.2) is 5.82 Å². The molecule has 0 aliphatic carbocycles. The van der Waals surface area contributed by atoms with Crippen LogP contribution in [0.5, 0.6) is 0 Å². The highest BCUT2D eigenvalue weighted by molar-refractivity contribution is 9.10. The van der Waals surface area contributed by atoms with E-state index in [0.717, 1.165) is 4.68 Å². The summed E-state index contributed by atoms with van der Waals surface area (Å²) in [5.41, 5.74) is -1.39. The highest BCUT2D eigenvalue weighted by Gasteiger charge is 2.47. The Kier molecular flexibility index (Phi) is 5.67. The van der Waals surface area contributed by atoms with E-state index in [1.165, 1.54) is 17.2 Å². The molecule has 2 aliphatic heterocycles. The number of nitrogens with zero attached hydrogens (tertiary/aromatic N) is 5. The summed E-state index contributed by atoms with van der Waals surface area (Å²) < 4.78 is 45.4. The van der Waals surface area contributed by atoms with Crippen molar-refractivity contribution in [3.05, 3.63) is 39.6 Å². The Morgan fingerprint density at radius 1 is 1.47 bits per heavy atom. The molecule has 2 amide bonds. The Labute approximate surface area is 190 Å². The third-order valence-corrected chi connectivity index (χ3v) is 6.49. The number of hydrogen-bond donors (Lipinski definition) is 2. The van der Waals surface area contributed by atoms with E-state index in [1.54, 1.807) is 6.92 Å². The molecule has 2 N–H and O–H groups in total. The summed E-state index contributed by atoms with van der Waals surface area (Å²) in [5.74, 6) is -4.03. The number of pyridine rings is 1. The number of hydrogen-bond acceptors (Lipinski definition) is 5. The molecule has 0 radical (unpaired) electrons. The maximum absolute atomic E-state index is 15.1. The van der Waals surface area contributed by atoms with Gasteiger partial charge in [-0.2, -0.15) is 19.1 Å². The molecule has 0 saturated heterocycles. The summed E-state index contributed by atoms with van der Waals surface area (Å²) >= 11 is 2.96. The number of nitrogens with one attached hydrogen (secondary N) is 1. The molecule has 12 heteroatoms. The van der Waals surface area contributed by atoms with Gasteiger partial charge in [0.05, 0.1) is 42.6 Å². The number of aliphatic hydroxyl groups is 1. The second kappa shape index (κ2) is 8.04. The molecule has 4 heterocycles. The van der Waals surface area contributed by atoms with Crippen LogP contribution in [0.1, 0.15) is 43.1 Å². The molecule has 0 fully saturated rings. The van der Waals surface area contributed by atoms with Gasteiger partial charge in [-0.05, 0) is 35.3 Å². The lowest BCUT2D eigenvalue weighted by Gasteiger charge is -2.33. The minimum absolute atomic E-state index is 0.0595. The van der Waals surface area contributed by atoms with Crippen LogP contribution in [0, 0.1) is 17.1 Å². The Hall–Kier alpha value is -2.65. The van der Waals surface area contributed by atoms with Gasteiger partial charge in [0, 0.05) is 30.6 Å². The molecule has 0 aromatic carbocycles. The number of carbonyl (C=O) groups excluding carboxylic acids is 1. The van der Waals surface area contributed by atoms with E-state index in [0.29, 0.717) is 5.69 Å². The fourth-order valence-electron chi connectivity index (χ4n) is 4.25. The number of aromatic nitrogens is 3. The first-order valence-corrected chi connectivity index (χ1v) is 10.8. The smallest absolute Gasteiger partial charge is 0.322 e. The van der Waals surface area contributed by atoms with E-state index in [4.69, 9.17) is 5.26 Å². The standard InChI is InChI=1S/C20H20BrF3N6O2/c1-11-8-14-12(9-29(11)18(31)27-13-2-7-26-17(21)15(13)22)16-20(23,24)4-3-19(32,5-6-25)10-30(16)28-14/h2,7,11,32H,3-5,8-10H2,1H3,(H,26,27,31). The van der Waals surface area contributed by atoms with E-state index in [9.17, 15) is 14.3 Å². The fourth-order valence-corrected chi connectivity index (χ4v) is 4.58. The molecule has 4 rings (SSSR count). The lowest BCUT2D eigenvalue weighted by Crippen LogP contribution is -2.45. The maximum Gasteiger partial charge on any atom is 0.322 e. The molecule has 2 atom stereocenters. The highest BCUT2D eigenvalue weighted by atomic mass is 79.9. The van der Waals surface area contributed by atoms with Crippen LogP contribution in [0.4, 0.5) is 23.7 Å². The van der Waals surface area contributed by atoms with Crippen molar-refractivity contribution in [1.29, 1.82) is 5.26 Å². The van der Waals surface area contributed by atoms with Crippen molar-refractivity contribution >= 4 is 27.6 Å². The SMILES string of the molecule is CC1Cc2nn3c(c2CN1C(=O)Nc1ccnc(Br)c1F)C(F)(F)CCC(O)(CC#N)C3. The third-order valence-electron chi connectivity index (χ3n) is 5.94. The average Bonchev–Trinajstić information content (AvgIpc) is 3.02. The number of rotatable bonds is 2. The predicted octanol–water partition coefficient (Wildman–Crippen LogP) is 3.69. The molecular weight excluding hydrogens is 493 g/mol. The molecule has 0 bridgehead atoms. The minimum atomic E-state index is -3.29. The first-order chi connectivity index (χ1) is 15.0. The first kappa shape index (κ1) is 22.5. The van der Waals surface area contributed by atoms with E-state index < -0.39 is 29.8 Å². The van der Waals surface area contributed by atoms with E-state index >= 15 is 8.78 Å². The molecule has 0 spiro atoms. The normalized spacial score (nSPS) is 24.2. The van der Waals surface area contributed by atoms with Gasteiger partial charge >= 0.3 is 6.03 Å². The van der Waals surface area contributed by atoms with Crippen LogP contribution in [0.15, 0.2) is 16.9 Å². The zero-order valence-electron chi connectivity index (χ0n) is 17.1. The molecular formula is C20H20BrF3N6O2. The fraction of sp³-hybridized carbons (Fsp3) is 0.500. The Bertz CT molecular complexity index is 1120. The van der Waals surface area contributed by atoms with Gasteiger partial charge in [-0.15, -0.1) is 0 Å². The molecule has 2 aliphatic rings. The molecule has 2 unspecified atom stereocenters. The highest BCUT2D eigenvalue weighted by Crippen LogP contribution is 2.43. The van der Waals surface area contributed by atoms with E-state index in [-0.39, 0.29) is 59.9 Å². The Balaban J connectivity index is 1.66. The van der Waals surface area contributed by atoms with Crippen LogP contribution in [-0.2, 0) is 25.4 Å². The zero-order valence-corrected chi connectivity index (χ0v) is 18.7. The van der Waals surface area contributed by atoms with Gasteiger partial charge < -0.3 is 15.3 Å². The third kappa shape index (κ3) is 3.95. The number of carbonyl (C=O) groups is 1. The van der Waals surface area contributed by atoms with Crippen molar-refractivity contribution in [3.8, 4) is 6.07 Å². The van der Waals surface area contributed by atoms with Crippen LogP contribution in [0.3, 0.4) is 0 Å². The van der Waals surface area contributed by atoms with Crippen LogP contribution in [0.25, 0.3) is 0 Å². The first-order valence-electron chi connectivity index (χ1n) is 9.98. The summed E-state index contributed by atoms with van der Waals surface area (Å²) in [4.78, 5) is 18.0. The molecule has 0 saturated carbocycles. The van der Waals surface area contributed by atoms with Crippen LogP contribution in [-0.4, -0.2) is 42.4 Å². The van der Waals surface area contributed by atoms with Gasteiger partial charge in [-0.3, -0.25) is 4.68 Å². The largest absolute Gasteiger partial charge is 0.387 e. The van der Waals surface area contributed by atoms with E-state index in [2.05, 4.69) is 31.3 Å². The number of amides is 2. The van der Waals surface area contributed by atoms with Gasteiger partial charge in [-0.25, -0.2) is 14.2 Å². The monoisotopic (exact) mass is 512 g/mol. The van der Waals surface area contributed by atoms with Gasteiger partial charge in [0.25, 0.3) is 5.92 Å². The quantitative estimate of drug-likeness (QED) is 0.596. The van der Waals surface area contributed by atoms with Gasteiger partial charge in [-0.1, -0.05) is 0 Å². The second-order valence-corrected chi connectivity index (χ2v) is 9.02. The molecule has 2 aromatic rings. The zero-order chi connectivity index (χ0) is 23.3. The lowest BCUT2D eigenvalue weighted by molar-refractivity contribution is -0.0395. The summed E-state index contributed by atoms with van der Waals surface area (Å²) in [6.07, 6.45) is 0.369. The van der Waals surface area contributed by atoms with Gasteiger partial charge in [0.2, 0.25) is 0 Å². The van der Waals surface area contributed by atoms with Crippen molar-refractivity contribution < 1.29 is 23.1 Å². The van der Waals surface area contributed by atoms with Crippen molar-refractivity contribution in [2.45, 2.75) is 63.3 Å². The number of alkyl halides is 2. The summed E-state index contributed by atoms with van der Waals surface area (Å²) in [6, 6.07) is 2.12. The minimum Gasteiger partial charge on any atom is -0.387 e. The Morgan fingerprint density at radius 2 is 2.22 bits per heavy atom. The van der Waals surface area contributed by atoms with Gasteiger partial charge in [0.1, 0.15) is 10.3 Å². The lowest BCUT2D eigenvalue weighted by atomic mass is 9.92. The number of fused-ring (bicyclic) bond motifs is 3. The van der Waals surface area contributed by atoms with E-state index in [1.807, 2.05) is 6.07 Å². The maximum atomic E-state index is 15.1. The topological polar surface area (TPSA) is 107 Å². The summed E-state index contributed by atoms with van der Waals surface area (Å²) in [6.45, 7) is 1.38. The number of halogens is 4.